The number of amides is 2. The third-order valence-corrected chi connectivity index (χ3v) is 5.51. The maximum atomic E-state index is 12.4. The molecule has 0 radical (unpaired) electrons. The van der Waals surface area contributed by atoms with E-state index in [-0.39, 0.29) is 6.03 Å². The second-order valence-electron chi connectivity index (χ2n) is 7.55. The summed E-state index contributed by atoms with van der Waals surface area (Å²) in [5, 5.41) is 3.02. The van der Waals surface area contributed by atoms with Gasteiger partial charge < -0.3 is 15.0 Å². The molecule has 0 unspecified atom stereocenters. The highest BCUT2D eigenvalue weighted by Gasteiger charge is 2.31. The quantitative estimate of drug-likeness (QED) is 0.860. The van der Waals surface area contributed by atoms with Gasteiger partial charge in [-0.2, -0.15) is 0 Å². The van der Waals surface area contributed by atoms with Crippen molar-refractivity contribution >= 4 is 6.03 Å². The Kier molecular flexibility index (Phi) is 5.06. The van der Waals surface area contributed by atoms with Crippen LogP contribution in [0.15, 0.2) is 18.3 Å². The Balaban J connectivity index is 1.20. The number of likely N-dealkylation sites (tertiary alicyclic amines) is 2. The monoisotopic (exact) mass is 344 g/mol. The van der Waals surface area contributed by atoms with Gasteiger partial charge in [-0.3, -0.25) is 4.90 Å². The van der Waals surface area contributed by atoms with Gasteiger partial charge in [0.25, 0.3) is 0 Å². The summed E-state index contributed by atoms with van der Waals surface area (Å²) in [6, 6.07) is 4.46. The summed E-state index contributed by atoms with van der Waals surface area (Å²) in [4.78, 5) is 21.2. The van der Waals surface area contributed by atoms with E-state index in [1.807, 2.05) is 17.0 Å². The predicted octanol–water partition coefficient (Wildman–Crippen LogP) is 2.25. The Bertz CT molecular complexity index is 582. The Morgan fingerprint density at radius 1 is 1.20 bits per heavy atom. The molecule has 1 saturated carbocycles. The average Bonchev–Trinajstić information content (AvgIpc) is 3.11. The molecule has 6 heteroatoms. The lowest BCUT2D eigenvalue weighted by Crippen LogP contribution is -2.41. The molecule has 136 valence electrons. The van der Waals surface area contributed by atoms with E-state index in [4.69, 9.17) is 4.74 Å². The van der Waals surface area contributed by atoms with Gasteiger partial charge in [-0.15, -0.1) is 0 Å². The van der Waals surface area contributed by atoms with Crippen molar-refractivity contribution in [3.63, 3.8) is 0 Å². The number of ether oxygens (including phenoxy) is 1. The second-order valence-corrected chi connectivity index (χ2v) is 7.55. The van der Waals surface area contributed by atoms with E-state index in [1.165, 1.54) is 38.8 Å². The summed E-state index contributed by atoms with van der Waals surface area (Å²) in [5.74, 6) is 1.40. The standard InChI is InChI=1S/C19H28N4O2/c24-19(23-10-7-17(13-23)22-8-1-2-9-22)21-12-16-5-6-18(20-11-16)25-14-15-3-4-15/h5-6,11,15,17H,1-4,7-10,12-14H2,(H,21,24)/t17-/m0/s1. The highest BCUT2D eigenvalue weighted by atomic mass is 16.5. The first-order valence-electron chi connectivity index (χ1n) is 9.62. The number of hydrogen-bond donors (Lipinski definition) is 1. The molecule has 1 N–H and O–H groups in total. The van der Waals surface area contributed by atoms with Crippen LogP contribution in [-0.4, -0.2) is 59.6 Å². The number of aromatic nitrogens is 1. The predicted molar refractivity (Wildman–Crippen MR) is 95.5 cm³/mol. The van der Waals surface area contributed by atoms with Crippen molar-refractivity contribution in [3.8, 4) is 5.88 Å². The van der Waals surface area contributed by atoms with Crippen molar-refractivity contribution in [1.82, 2.24) is 20.1 Å². The molecular weight excluding hydrogens is 316 g/mol. The third-order valence-electron chi connectivity index (χ3n) is 5.51. The van der Waals surface area contributed by atoms with Crippen LogP contribution in [0.4, 0.5) is 4.79 Å². The van der Waals surface area contributed by atoms with Crippen molar-refractivity contribution in [2.75, 3.05) is 32.8 Å². The fraction of sp³-hybridized carbons (Fsp3) is 0.684. The molecule has 25 heavy (non-hydrogen) atoms. The first-order chi connectivity index (χ1) is 12.3. The van der Waals surface area contributed by atoms with Crippen molar-refractivity contribution in [1.29, 1.82) is 0 Å². The number of nitrogens with zero attached hydrogens (tertiary/aromatic N) is 3. The van der Waals surface area contributed by atoms with Gasteiger partial charge in [0.05, 0.1) is 6.61 Å². The van der Waals surface area contributed by atoms with Gasteiger partial charge in [0, 0.05) is 37.9 Å². The Hall–Kier alpha value is -1.82. The SMILES string of the molecule is O=C(NCc1ccc(OCC2CC2)nc1)N1CC[C@H](N2CCCC2)C1. The highest BCUT2D eigenvalue weighted by Crippen LogP contribution is 2.29. The number of carbonyl (C=O) groups excluding carboxylic acids is 1. The molecule has 6 nitrogen and oxygen atoms in total. The lowest BCUT2D eigenvalue weighted by Gasteiger charge is -2.23. The first-order valence-corrected chi connectivity index (χ1v) is 9.62. The van der Waals surface area contributed by atoms with Crippen LogP contribution < -0.4 is 10.1 Å². The van der Waals surface area contributed by atoms with Crippen LogP contribution >= 0.6 is 0 Å². The van der Waals surface area contributed by atoms with Crippen molar-refractivity contribution in [2.24, 2.45) is 5.92 Å². The Morgan fingerprint density at radius 2 is 2.04 bits per heavy atom. The van der Waals surface area contributed by atoms with Crippen molar-refractivity contribution < 1.29 is 9.53 Å². The van der Waals surface area contributed by atoms with Gasteiger partial charge in [-0.1, -0.05) is 6.07 Å². The third kappa shape index (κ3) is 4.42. The molecule has 1 aromatic rings. The number of pyridine rings is 1. The van der Waals surface area contributed by atoms with E-state index in [0.717, 1.165) is 37.6 Å². The largest absolute Gasteiger partial charge is 0.477 e. The van der Waals surface area contributed by atoms with Crippen LogP contribution in [-0.2, 0) is 6.54 Å². The van der Waals surface area contributed by atoms with E-state index >= 15 is 0 Å². The van der Waals surface area contributed by atoms with Crippen LogP contribution in [0.5, 0.6) is 5.88 Å². The van der Waals surface area contributed by atoms with Crippen LogP contribution in [0.25, 0.3) is 0 Å². The summed E-state index contributed by atoms with van der Waals surface area (Å²) in [7, 11) is 0. The van der Waals surface area contributed by atoms with E-state index in [0.29, 0.717) is 18.5 Å². The summed E-state index contributed by atoms with van der Waals surface area (Å²) in [6.45, 7) is 5.40. The van der Waals surface area contributed by atoms with Crippen LogP contribution in [0.1, 0.15) is 37.7 Å². The second kappa shape index (κ2) is 7.60. The molecule has 1 aromatic heterocycles. The molecule has 4 rings (SSSR count). The number of hydrogen-bond acceptors (Lipinski definition) is 4. The number of nitrogens with one attached hydrogen (secondary N) is 1. The molecule has 2 amide bonds. The van der Waals surface area contributed by atoms with Gasteiger partial charge in [0.1, 0.15) is 0 Å². The summed E-state index contributed by atoms with van der Waals surface area (Å²) >= 11 is 0. The zero-order valence-corrected chi connectivity index (χ0v) is 14.8. The highest BCUT2D eigenvalue weighted by molar-refractivity contribution is 5.74. The van der Waals surface area contributed by atoms with E-state index in [1.54, 1.807) is 6.20 Å². The number of urea groups is 1. The molecule has 1 atom stereocenters. The van der Waals surface area contributed by atoms with Crippen LogP contribution in [0, 0.1) is 5.92 Å². The number of rotatable bonds is 6. The summed E-state index contributed by atoms with van der Waals surface area (Å²) < 4.78 is 5.64. The van der Waals surface area contributed by atoms with Gasteiger partial charge >= 0.3 is 6.03 Å². The molecule has 2 aliphatic heterocycles. The molecule has 3 aliphatic rings. The number of carbonyl (C=O) groups is 1. The molecule has 0 aromatic carbocycles. The minimum Gasteiger partial charge on any atom is -0.477 e. The molecule has 3 fully saturated rings. The normalized spacial score (nSPS) is 23.8. The van der Waals surface area contributed by atoms with E-state index in [2.05, 4.69) is 15.2 Å². The maximum Gasteiger partial charge on any atom is 0.317 e. The van der Waals surface area contributed by atoms with Gasteiger partial charge in [-0.25, -0.2) is 9.78 Å². The summed E-state index contributed by atoms with van der Waals surface area (Å²) in [5.41, 5.74) is 1.00. The molecule has 0 spiro atoms. The topological polar surface area (TPSA) is 57.7 Å². The Labute approximate surface area is 149 Å². The van der Waals surface area contributed by atoms with E-state index in [9.17, 15) is 4.79 Å². The zero-order valence-electron chi connectivity index (χ0n) is 14.8. The zero-order chi connectivity index (χ0) is 17.1. The molecule has 0 bridgehead atoms. The fourth-order valence-corrected chi connectivity index (χ4v) is 3.71. The van der Waals surface area contributed by atoms with Gasteiger partial charge in [0.15, 0.2) is 0 Å². The van der Waals surface area contributed by atoms with Gasteiger partial charge in [-0.05, 0) is 56.7 Å². The lowest BCUT2D eigenvalue weighted by atomic mass is 10.2. The average molecular weight is 344 g/mol. The first kappa shape index (κ1) is 16.6. The fourth-order valence-electron chi connectivity index (χ4n) is 3.71. The minimum atomic E-state index is 0.0377. The summed E-state index contributed by atoms with van der Waals surface area (Å²) in [6.07, 6.45) is 8.05. The molecular formula is C19H28N4O2. The Morgan fingerprint density at radius 3 is 2.76 bits per heavy atom. The molecule has 2 saturated heterocycles. The molecule has 3 heterocycles. The van der Waals surface area contributed by atoms with Crippen LogP contribution in [0.2, 0.25) is 0 Å². The molecule has 1 aliphatic carbocycles. The maximum absolute atomic E-state index is 12.4. The van der Waals surface area contributed by atoms with Crippen molar-refractivity contribution in [3.05, 3.63) is 23.9 Å². The van der Waals surface area contributed by atoms with Gasteiger partial charge in [0.2, 0.25) is 5.88 Å². The van der Waals surface area contributed by atoms with E-state index < -0.39 is 0 Å². The van der Waals surface area contributed by atoms with Crippen molar-refractivity contribution in [2.45, 2.75) is 44.7 Å². The smallest absolute Gasteiger partial charge is 0.317 e. The lowest BCUT2D eigenvalue weighted by molar-refractivity contribution is 0.198. The van der Waals surface area contributed by atoms with Crippen LogP contribution in [0.3, 0.4) is 0 Å². The minimum absolute atomic E-state index is 0.0377.